The number of rotatable bonds is 28. The monoisotopic (exact) mass is 1040 g/mol. The molecule has 0 fully saturated rings. The average molecular weight is 1040 g/mol. The molecule has 0 bridgehead atoms. The fourth-order valence-electron chi connectivity index (χ4n) is 5.88. The molecule has 25 heteroatoms. The standard InChI is InChI=1S/C39H64N7O10P5S3/c1-43(40-27-33-11-17-36(49-4)18-12-33)58(63)55-38-21-15-35(16-22-38)29-42-45(3)59(64)56-39-23-13-34(14-24-39)28-41-44(2)57(62)54-37-19-9-32(10-20-37)25-26-46(30-60(47,50-5)51-6)31-61(48,52-7)53-8/h9-15,17-21,23-24,27-28,35,38,42,47-48,57,59-61,63H,16,22,25-26,29-31H2,1-8H3/b40-27+,41-28+. The Labute approximate surface area is 397 Å². The zero-order valence-electron chi connectivity index (χ0n) is 37.4. The van der Waals surface area contributed by atoms with Crippen LogP contribution in [-0.4, -0.2) is 130 Å². The number of ether oxygens (including phenoxy) is 1. The van der Waals surface area contributed by atoms with Crippen LogP contribution in [0.25, 0.3) is 0 Å². The maximum absolute atomic E-state index is 10.7. The van der Waals surface area contributed by atoms with Gasteiger partial charge in [0.05, 0.1) is 25.6 Å². The van der Waals surface area contributed by atoms with E-state index in [9.17, 15) is 9.79 Å². The number of nitrogens with zero attached hydrogens (tertiary/aromatic N) is 6. The van der Waals surface area contributed by atoms with Gasteiger partial charge in [-0.3, -0.25) is 0 Å². The van der Waals surface area contributed by atoms with Crippen molar-refractivity contribution in [2.24, 2.45) is 16.1 Å². The van der Waals surface area contributed by atoms with E-state index in [0.717, 1.165) is 41.8 Å². The summed E-state index contributed by atoms with van der Waals surface area (Å²) in [6.07, 6.45) is 10.4. The van der Waals surface area contributed by atoms with Gasteiger partial charge in [-0.1, -0.05) is 24.4 Å². The van der Waals surface area contributed by atoms with Crippen LogP contribution in [0.1, 0.15) is 29.5 Å². The smallest absolute Gasteiger partial charge is 0.0189 e. The van der Waals surface area contributed by atoms with Crippen molar-refractivity contribution in [2.45, 2.75) is 25.4 Å². The van der Waals surface area contributed by atoms with Crippen molar-refractivity contribution >= 4 is 85.8 Å². The van der Waals surface area contributed by atoms with Crippen molar-refractivity contribution in [3.63, 3.8) is 0 Å². The number of hydrogen-bond donors (Lipinski definition) is 4. The van der Waals surface area contributed by atoms with Crippen LogP contribution >= 0.6 is 49.8 Å². The Bertz CT molecular complexity index is 1970. The minimum Gasteiger partial charge on any atom is -0.0497 e. The van der Waals surface area contributed by atoms with Crippen LogP contribution in [0, 0.1) is 5.92 Å². The van der Waals surface area contributed by atoms with Crippen molar-refractivity contribution in [3.8, 4) is 17.2 Å². The van der Waals surface area contributed by atoms with Crippen molar-refractivity contribution in [1.29, 1.82) is 0 Å². The van der Waals surface area contributed by atoms with Crippen molar-refractivity contribution in [1.82, 2.24) is 24.7 Å². The van der Waals surface area contributed by atoms with Crippen LogP contribution in [0.4, 0.5) is 0 Å². The van der Waals surface area contributed by atoms with E-state index in [1.807, 2.05) is 96.6 Å². The van der Waals surface area contributed by atoms with Crippen molar-refractivity contribution < 1.29 is 46.2 Å². The largest absolute Gasteiger partial charge is 0.0497 e. The first-order valence-electron chi connectivity index (χ1n) is 20.1. The third kappa shape index (κ3) is 18.8. The quantitative estimate of drug-likeness (QED) is 0.0184. The fourth-order valence-corrected chi connectivity index (χ4v) is 12.0. The predicted molar refractivity (Wildman–Crippen MR) is 277 cm³/mol. The number of hydrazine groups is 1. The molecule has 17 nitrogen and oxygen atoms in total. The summed E-state index contributed by atoms with van der Waals surface area (Å²) < 4.78 is 49.9. The van der Waals surface area contributed by atoms with Gasteiger partial charge < -0.3 is 13.8 Å². The van der Waals surface area contributed by atoms with Gasteiger partial charge in [-0.2, -0.15) is 9.88 Å². The number of thiol groups is 1. The van der Waals surface area contributed by atoms with E-state index in [0.29, 0.717) is 30.4 Å². The number of methoxy groups -OCH3 is 1. The summed E-state index contributed by atoms with van der Waals surface area (Å²) in [5.41, 5.74) is 6.27. The zero-order chi connectivity index (χ0) is 46.7. The van der Waals surface area contributed by atoms with E-state index in [-0.39, 0.29) is 18.7 Å². The summed E-state index contributed by atoms with van der Waals surface area (Å²) in [5.74, 6) is 2.44. The minimum absolute atomic E-state index is 0.0226. The van der Waals surface area contributed by atoms with E-state index < -0.39 is 37.5 Å². The van der Waals surface area contributed by atoms with Crippen molar-refractivity contribution in [2.75, 3.05) is 82.4 Å². The third-order valence-corrected chi connectivity index (χ3v) is 20.6. The summed E-state index contributed by atoms with van der Waals surface area (Å²) in [7, 11) is 1.01. The molecule has 3 N–H and O–H groups in total. The topological polar surface area (TPSA) is 164 Å². The molecular weight excluding hydrogens is 978 g/mol. The molecule has 0 heterocycles. The first-order valence-corrected chi connectivity index (χ1v) is 31.4. The number of hydrazone groups is 2. The Kier molecular flexibility index (Phi) is 24.0. The van der Waals surface area contributed by atoms with Gasteiger partial charge >= 0.3 is 179 Å². The third-order valence-electron chi connectivity index (χ3n) is 9.95. The van der Waals surface area contributed by atoms with E-state index in [1.54, 1.807) is 36.1 Å². The summed E-state index contributed by atoms with van der Waals surface area (Å²) in [6.45, 7) is 1.21. The molecule has 1 aliphatic carbocycles. The zero-order valence-corrected chi connectivity index (χ0v) is 44.8. The van der Waals surface area contributed by atoms with Gasteiger partial charge in [0, 0.05) is 20.6 Å². The first kappa shape index (κ1) is 54.9. The molecule has 3 aromatic carbocycles. The molecule has 0 saturated carbocycles. The van der Waals surface area contributed by atoms with Crippen LogP contribution in [0.2, 0.25) is 0 Å². The van der Waals surface area contributed by atoms with Crippen LogP contribution < -0.4 is 19.2 Å². The number of benzene rings is 3. The Morgan fingerprint density at radius 1 is 0.750 bits per heavy atom. The minimum atomic E-state index is -3.46. The van der Waals surface area contributed by atoms with Gasteiger partial charge in [-0.25, -0.2) is 10.2 Å². The molecule has 5 atom stereocenters. The van der Waals surface area contributed by atoms with Gasteiger partial charge in [0.15, 0.2) is 7.07 Å². The van der Waals surface area contributed by atoms with E-state index >= 15 is 0 Å². The molecule has 1 aliphatic rings. The molecule has 358 valence electrons. The van der Waals surface area contributed by atoms with Crippen LogP contribution in [-0.2, 0) is 52.7 Å². The Morgan fingerprint density at radius 2 is 1.27 bits per heavy atom. The van der Waals surface area contributed by atoms with Gasteiger partial charge in [0.25, 0.3) is 0 Å². The molecule has 0 aliphatic heterocycles. The molecule has 5 unspecified atom stereocenters. The van der Waals surface area contributed by atoms with Gasteiger partial charge in [-0.05, 0) is 90.2 Å². The molecular formula is C39H64N7O10P5S3. The van der Waals surface area contributed by atoms with E-state index in [1.165, 1.54) is 28.4 Å². The van der Waals surface area contributed by atoms with Gasteiger partial charge in [-0.15, -0.1) is 0 Å². The second-order valence-electron chi connectivity index (χ2n) is 14.5. The maximum atomic E-state index is 10.7. The van der Waals surface area contributed by atoms with E-state index in [2.05, 4.69) is 40.0 Å². The maximum Gasteiger partial charge on any atom is -0.0189 e. The van der Waals surface area contributed by atoms with Gasteiger partial charge in [0.1, 0.15) is 11.5 Å². The van der Waals surface area contributed by atoms with E-state index in [4.69, 9.17) is 60.0 Å². The Balaban J connectivity index is 1.16. The molecule has 64 heavy (non-hydrogen) atoms. The summed E-state index contributed by atoms with van der Waals surface area (Å²) >= 11 is 16.1. The number of nitrogens with one attached hydrogen (secondary N) is 1. The normalized spacial score (nSPS) is 17.8. The Morgan fingerprint density at radius 3 is 1.78 bits per heavy atom. The molecule has 4 rings (SSSR count). The van der Waals surface area contributed by atoms with Crippen LogP contribution in [0.3, 0.4) is 0 Å². The van der Waals surface area contributed by atoms with Crippen LogP contribution in [0.5, 0.6) is 17.2 Å². The van der Waals surface area contributed by atoms with Gasteiger partial charge in [0.2, 0.25) is 7.50 Å². The second kappa shape index (κ2) is 27.9. The summed E-state index contributed by atoms with van der Waals surface area (Å²) in [4.78, 5) is 23.3. The molecule has 0 aromatic heterocycles. The second-order valence-corrected chi connectivity index (χ2v) is 26.8. The number of hydrogen-bond acceptors (Lipinski definition) is 18. The molecule has 3 aromatic rings. The molecule has 0 saturated heterocycles. The average Bonchev–Trinajstić information content (AvgIpc) is 3.32. The summed E-state index contributed by atoms with van der Waals surface area (Å²) in [5, 5.41) is 9.02. The fraction of sp³-hybridized carbons (Fsp3) is 0.436. The molecule has 0 radical (unpaired) electrons. The predicted octanol–water partition coefficient (Wildman–Crippen LogP) is 7.66. The Hall–Kier alpha value is -1.72. The van der Waals surface area contributed by atoms with Crippen molar-refractivity contribution in [3.05, 3.63) is 102 Å². The first-order chi connectivity index (χ1) is 30.6. The molecule has 0 amide bonds. The molecule has 0 spiro atoms. The SMILES string of the molecule is COc1ccc(/C=N/N(C)P(S)OC2C=CC(CNN(C)[PH](=S)Oc3ccc(/C=N/N(C)[PH](=S)Oc4ccc(CCN(C[PH](O)(OC)OC)C[PH](O)(OC)OC)cc4)cc3)CC2)cc1. The summed E-state index contributed by atoms with van der Waals surface area (Å²) in [6, 6.07) is 22.9. The van der Waals surface area contributed by atoms with Crippen LogP contribution in [0.15, 0.2) is 95.2 Å².